The first-order chi connectivity index (χ1) is 12.7. The Kier molecular flexibility index (Phi) is 4.86. The molecule has 0 bridgehead atoms. The minimum Gasteiger partial charge on any atom is -0.369 e. The zero-order valence-corrected chi connectivity index (χ0v) is 17.3. The summed E-state index contributed by atoms with van der Waals surface area (Å²) < 4.78 is 0. The maximum Gasteiger partial charge on any atom is 0.253 e. The van der Waals surface area contributed by atoms with Crippen molar-refractivity contribution in [2.75, 3.05) is 13.1 Å². The molecule has 0 spiro atoms. The number of hydrogen-bond donors (Lipinski definition) is 3. The molecule has 156 valence electrons. The molecule has 0 aliphatic heterocycles. The van der Waals surface area contributed by atoms with Gasteiger partial charge in [0.1, 0.15) is 0 Å². The van der Waals surface area contributed by atoms with Gasteiger partial charge >= 0.3 is 0 Å². The van der Waals surface area contributed by atoms with E-state index in [1.165, 1.54) is 4.90 Å². The zero-order valence-electron chi connectivity index (χ0n) is 17.3. The van der Waals surface area contributed by atoms with Gasteiger partial charge in [-0.2, -0.15) is 10.2 Å². The zero-order chi connectivity index (χ0) is 21.9. The standard InChI is InChI=1S/C18H30N6O4/c1-7-24(8-2)14(28)18(10(12(20)26)16(18,5)6)23-22-17(13(21)27)9(11(19)25)15(17,3)4/h9-10H,7-8H2,1-6H3,(H2,19,25)(H2,20,26)(H2,21,27). The van der Waals surface area contributed by atoms with Crippen LogP contribution in [0.3, 0.4) is 0 Å². The smallest absolute Gasteiger partial charge is 0.253 e. The van der Waals surface area contributed by atoms with Crippen molar-refractivity contribution < 1.29 is 19.2 Å². The van der Waals surface area contributed by atoms with Gasteiger partial charge in [-0.3, -0.25) is 19.2 Å². The van der Waals surface area contributed by atoms with Crippen molar-refractivity contribution in [3.05, 3.63) is 0 Å². The van der Waals surface area contributed by atoms with Crippen molar-refractivity contribution in [2.45, 2.75) is 52.6 Å². The van der Waals surface area contributed by atoms with E-state index in [0.717, 1.165) is 0 Å². The summed E-state index contributed by atoms with van der Waals surface area (Å²) in [5, 5.41) is 8.40. The molecule has 10 heteroatoms. The number of rotatable bonds is 8. The van der Waals surface area contributed by atoms with E-state index < -0.39 is 57.4 Å². The van der Waals surface area contributed by atoms with Gasteiger partial charge in [0.2, 0.25) is 17.7 Å². The molecule has 2 aliphatic carbocycles. The lowest BCUT2D eigenvalue weighted by molar-refractivity contribution is -0.135. The molecule has 2 rings (SSSR count). The third kappa shape index (κ3) is 2.39. The highest BCUT2D eigenvalue weighted by molar-refractivity contribution is 6.02. The lowest BCUT2D eigenvalue weighted by Gasteiger charge is -2.25. The molecule has 28 heavy (non-hydrogen) atoms. The first kappa shape index (κ1) is 21.8. The Morgan fingerprint density at radius 2 is 1.14 bits per heavy atom. The number of nitrogens with zero attached hydrogens (tertiary/aromatic N) is 3. The fourth-order valence-electron chi connectivity index (χ4n) is 4.84. The number of azo groups is 1. The minimum absolute atomic E-state index is 0.399. The number of carbonyl (C=O) groups is 4. The molecule has 4 atom stereocenters. The largest absolute Gasteiger partial charge is 0.369 e. The topological polar surface area (TPSA) is 174 Å². The quantitative estimate of drug-likeness (QED) is 0.473. The van der Waals surface area contributed by atoms with Gasteiger partial charge in [0, 0.05) is 23.9 Å². The van der Waals surface area contributed by atoms with E-state index in [0.29, 0.717) is 13.1 Å². The van der Waals surface area contributed by atoms with Gasteiger partial charge in [-0.05, 0) is 13.8 Å². The summed E-state index contributed by atoms with van der Waals surface area (Å²) in [6, 6.07) is 0. The van der Waals surface area contributed by atoms with Crippen LogP contribution in [0.2, 0.25) is 0 Å². The Morgan fingerprint density at radius 1 is 0.786 bits per heavy atom. The maximum absolute atomic E-state index is 13.3. The van der Waals surface area contributed by atoms with Crippen LogP contribution in [0.4, 0.5) is 0 Å². The third-order valence-corrected chi connectivity index (χ3v) is 6.76. The van der Waals surface area contributed by atoms with E-state index >= 15 is 0 Å². The molecule has 2 aliphatic rings. The average Bonchev–Trinajstić information content (AvgIpc) is 3.29. The molecule has 0 aromatic heterocycles. The van der Waals surface area contributed by atoms with Gasteiger partial charge in [-0.25, -0.2) is 0 Å². The average molecular weight is 394 g/mol. The molecule has 2 fully saturated rings. The van der Waals surface area contributed by atoms with Crippen LogP contribution in [-0.4, -0.2) is 52.7 Å². The summed E-state index contributed by atoms with van der Waals surface area (Å²) in [4.78, 5) is 50.9. The highest BCUT2D eigenvalue weighted by Gasteiger charge is 2.83. The molecule has 2 saturated carbocycles. The van der Waals surface area contributed by atoms with Crippen LogP contribution in [0.25, 0.3) is 0 Å². The minimum atomic E-state index is -1.66. The normalized spacial score (nSPS) is 34.6. The molecule has 0 aromatic rings. The summed E-state index contributed by atoms with van der Waals surface area (Å²) in [6.07, 6.45) is 0. The predicted molar refractivity (Wildman–Crippen MR) is 100 cm³/mol. The summed E-state index contributed by atoms with van der Waals surface area (Å²) in [7, 11) is 0. The van der Waals surface area contributed by atoms with Crippen molar-refractivity contribution in [2.24, 2.45) is 50.1 Å². The van der Waals surface area contributed by atoms with Crippen LogP contribution in [0.5, 0.6) is 0 Å². The van der Waals surface area contributed by atoms with Crippen molar-refractivity contribution in [3.63, 3.8) is 0 Å². The Bertz CT molecular complexity index is 772. The van der Waals surface area contributed by atoms with Crippen molar-refractivity contribution >= 4 is 23.6 Å². The first-order valence-corrected chi connectivity index (χ1v) is 9.33. The van der Waals surface area contributed by atoms with Gasteiger partial charge in [-0.15, -0.1) is 0 Å². The second-order valence-corrected chi connectivity index (χ2v) is 8.69. The molecule has 0 aromatic carbocycles. The number of likely N-dealkylation sites (N-methyl/N-ethyl adjacent to an activating group) is 1. The SMILES string of the molecule is CCN(CC)C(=O)C1(N=NC2(C(N)=O)C(C(N)=O)C2(C)C)C(C(N)=O)C1(C)C. The van der Waals surface area contributed by atoms with Crippen molar-refractivity contribution in [1.29, 1.82) is 0 Å². The molecule has 0 heterocycles. The van der Waals surface area contributed by atoms with Gasteiger partial charge in [0.15, 0.2) is 11.1 Å². The Balaban J connectivity index is 2.60. The number of hydrogen-bond acceptors (Lipinski definition) is 6. The van der Waals surface area contributed by atoms with Gasteiger partial charge < -0.3 is 22.1 Å². The molecule has 0 saturated heterocycles. The highest BCUT2D eigenvalue weighted by atomic mass is 16.2. The monoisotopic (exact) mass is 394 g/mol. The molecule has 0 radical (unpaired) electrons. The third-order valence-electron chi connectivity index (χ3n) is 6.76. The Labute approximate surface area is 164 Å². The Hall–Kier alpha value is -2.52. The summed E-state index contributed by atoms with van der Waals surface area (Å²) in [5.41, 5.74) is 11.5. The number of nitrogens with two attached hydrogens (primary N) is 3. The van der Waals surface area contributed by atoms with E-state index in [2.05, 4.69) is 10.2 Å². The second-order valence-electron chi connectivity index (χ2n) is 8.69. The first-order valence-electron chi connectivity index (χ1n) is 9.33. The molecular weight excluding hydrogens is 364 g/mol. The lowest BCUT2D eigenvalue weighted by Crippen LogP contribution is -2.44. The van der Waals surface area contributed by atoms with E-state index in [4.69, 9.17) is 17.2 Å². The Morgan fingerprint density at radius 3 is 1.43 bits per heavy atom. The van der Waals surface area contributed by atoms with Crippen molar-refractivity contribution in [3.8, 4) is 0 Å². The molecule has 6 N–H and O–H groups in total. The van der Waals surface area contributed by atoms with E-state index in [1.54, 1.807) is 41.5 Å². The molecule has 10 nitrogen and oxygen atoms in total. The fraction of sp³-hybridized carbons (Fsp3) is 0.778. The van der Waals surface area contributed by atoms with E-state index in [9.17, 15) is 19.2 Å². The predicted octanol–water partition coefficient (Wildman–Crippen LogP) is -0.447. The van der Waals surface area contributed by atoms with Crippen LogP contribution in [0.15, 0.2) is 10.2 Å². The summed E-state index contributed by atoms with van der Waals surface area (Å²) in [6.45, 7) is 11.1. The van der Waals surface area contributed by atoms with E-state index in [-0.39, 0.29) is 0 Å². The molecule has 4 unspecified atom stereocenters. The van der Waals surface area contributed by atoms with Crippen molar-refractivity contribution in [1.82, 2.24) is 4.90 Å². The van der Waals surface area contributed by atoms with Crippen LogP contribution in [0, 0.1) is 22.7 Å². The van der Waals surface area contributed by atoms with Gasteiger partial charge in [-0.1, -0.05) is 27.7 Å². The summed E-state index contributed by atoms with van der Waals surface area (Å²) in [5.74, 6) is -4.51. The number of carbonyl (C=O) groups excluding carboxylic acids is 4. The van der Waals surface area contributed by atoms with Crippen LogP contribution in [0.1, 0.15) is 41.5 Å². The lowest BCUT2D eigenvalue weighted by atomic mass is 10.0. The number of amides is 4. The molecular formula is C18H30N6O4. The molecule has 4 amide bonds. The van der Waals surface area contributed by atoms with Crippen LogP contribution < -0.4 is 17.2 Å². The summed E-state index contributed by atoms with van der Waals surface area (Å²) >= 11 is 0. The number of primary amides is 3. The van der Waals surface area contributed by atoms with Gasteiger partial charge in [0.25, 0.3) is 5.91 Å². The second kappa shape index (κ2) is 6.25. The van der Waals surface area contributed by atoms with Crippen LogP contribution in [-0.2, 0) is 19.2 Å². The maximum atomic E-state index is 13.3. The fourth-order valence-corrected chi connectivity index (χ4v) is 4.84. The van der Waals surface area contributed by atoms with E-state index in [1.807, 2.05) is 0 Å². The van der Waals surface area contributed by atoms with Gasteiger partial charge in [0.05, 0.1) is 11.8 Å². The highest BCUT2D eigenvalue weighted by Crippen LogP contribution is 2.68. The van der Waals surface area contributed by atoms with Crippen LogP contribution >= 0.6 is 0 Å².